The summed E-state index contributed by atoms with van der Waals surface area (Å²) in [7, 11) is 0. The van der Waals surface area contributed by atoms with Gasteiger partial charge in [-0.3, -0.25) is 14.3 Å². The van der Waals surface area contributed by atoms with Gasteiger partial charge in [0, 0.05) is 43.7 Å². The molecular formula is C19H19FN6O. The molecule has 1 saturated heterocycles. The Morgan fingerprint density at radius 2 is 1.89 bits per heavy atom. The first-order valence-electron chi connectivity index (χ1n) is 8.88. The molecule has 0 unspecified atom stereocenters. The number of halogens is 1. The molecule has 3 aromatic rings. The number of hydrogen-bond donors (Lipinski definition) is 0. The van der Waals surface area contributed by atoms with Crippen molar-refractivity contribution in [3.63, 3.8) is 0 Å². The van der Waals surface area contributed by atoms with Crippen LogP contribution in [0.3, 0.4) is 0 Å². The third-order valence-corrected chi connectivity index (χ3v) is 4.87. The molecule has 0 saturated carbocycles. The third kappa shape index (κ3) is 3.84. The van der Waals surface area contributed by atoms with E-state index in [0.29, 0.717) is 37.1 Å². The van der Waals surface area contributed by atoms with Gasteiger partial charge in [-0.15, -0.1) is 0 Å². The van der Waals surface area contributed by atoms with Crippen molar-refractivity contribution < 1.29 is 4.39 Å². The molecule has 1 aliphatic rings. The van der Waals surface area contributed by atoms with Crippen LogP contribution in [0.4, 0.5) is 10.2 Å². The van der Waals surface area contributed by atoms with E-state index in [1.165, 1.54) is 12.5 Å². The van der Waals surface area contributed by atoms with Gasteiger partial charge in [-0.25, -0.2) is 19.3 Å². The number of nitrogens with zero attached hydrogens (tertiary/aromatic N) is 6. The van der Waals surface area contributed by atoms with Crippen LogP contribution in [0.25, 0.3) is 11.3 Å². The summed E-state index contributed by atoms with van der Waals surface area (Å²) in [6.45, 7) is 2.02. The lowest BCUT2D eigenvalue weighted by molar-refractivity contribution is 0.348. The molecule has 4 rings (SSSR count). The highest BCUT2D eigenvalue weighted by Gasteiger charge is 2.22. The predicted octanol–water partition coefficient (Wildman–Crippen LogP) is 2.15. The predicted molar refractivity (Wildman–Crippen MR) is 98.7 cm³/mol. The van der Waals surface area contributed by atoms with E-state index in [0.717, 1.165) is 18.4 Å². The van der Waals surface area contributed by atoms with Gasteiger partial charge in [-0.2, -0.15) is 0 Å². The Bertz CT molecular complexity index is 969. The van der Waals surface area contributed by atoms with Crippen molar-refractivity contribution in [2.75, 3.05) is 18.0 Å². The van der Waals surface area contributed by atoms with E-state index in [1.54, 1.807) is 29.4 Å². The molecule has 27 heavy (non-hydrogen) atoms. The van der Waals surface area contributed by atoms with Crippen LogP contribution in [0.2, 0.25) is 0 Å². The molecule has 3 aromatic heterocycles. The summed E-state index contributed by atoms with van der Waals surface area (Å²) in [6.07, 6.45) is 9.23. The minimum Gasteiger partial charge on any atom is -0.354 e. The minimum atomic E-state index is -0.400. The maximum absolute atomic E-state index is 13.8. The smallest absolute Gasteiger partial charge is 0.253 e. The zero-order chi connectivity index (χ0) is 18.6. The van der Waals surface area contributed by atoms with E-state index >= 15 is 0 Å². The lowest BCUT2D eigenvalue weighted by Crippen LogP contribution is -2.37. The summed E-state index contributed by atoms with van der Waals surface area (Å²) in [6, 6.07) is 5.21. The standard InChI is InChI=1S/C19H19FN6O/c20-16-10-22-12-23-19(16)25-7-3-14(4-8-25)11-26-13-24-17(9-18(26)27)15-1-5-21-6-2-15/h1-2,5-6,9-10,12-14H,3-4,7-8,11H2. The van der Waals surface area contributed by atoms with Crippen molar-refractivity contribution in [2.45, 2.75) is 19.4 Å². The second kappa shape index (κ2) is 7.61. The molecule has 1 fully saturated rings. The molecule has 7 nitrogen and oxygen atoms in total. The molecule has 8 heteroatoms. The largest absolute Gasteiger partial charge is 0.354 e. The number of pyridine rings is 1. The van der Waals surface area contributed by atoms with Gasteiger partial charge in [-0.1, -0.05) is 0 Å². The van der Waals surface area contributed by atoms with E-state index in [9.17, 15) is 9.18 Å². The maximum atomic E-state index is 13.8. The Morgan fingerprint density at radius 1 is 1.11 bits per heavy atom. The summed E-state index contributed by atoms with van der Waals surface area (Å²) in [5.41, 5.74) is 1.45. The molecule has 0 aromatic carbocycles. The van der Waals surface area contributed by atoms with E-state index in [1.807, 2.05) is 17.0 Å². The van der Waals surface area contributed by atoms with Gasteiger partial charge in [0.15, 0.2) is 11.6 Å². The molecule has 0 amide bonds. The van der Waals surface area contributed by atoms with Gasteiger partial charge in [0.25, 0.3) is 5.56 Å². The van der Waals surface area contributed by atoms with Crippen molar-refractivity contribution in [3.8, 4) is 11.3 Å². The van der Waals surface area contributed by atoms with Gasteiger partial charge < -0.3 is 4.90 Å². The maximum Gasteiger partial charge on any atom is 0.253 e. The number of hydrogen-bond acceptors (Lipinski definition) is 6. The van der Waals surface area contributed by atoms with E-state index in [2.05, 4.69) is 19.9 Å². The van der Waals surface area contributed by atoms with Crippen LogP contribution < -0.4 is 10.5 Å². The molecule has 0 N–H and O–H groups in total. The zero-order valence-electron chi connectivity index (χ0n) is 14.7. The van der Waals surface area contributed by atoms with Crippen LogP contribution >= 0.6 is 0 Å². The second-order valence-electron chi connectivity index (χ2n) is 6.63. The normalized spacial score (nSPS) is 15.1. The highest BCUT2D eigenvalue weighted by Crippen LogP contribution is 2.24. The molecule has 0 radical (unpaired) electrons. The van der Waals surface area contributed by atoms with Crippen LogP contribution in [0.5, 0.6) is 0 Å². The van der Waals surface area contributed by atoms with Gasteiger partial charge in [0.1, 0.15) is 6.33 Å². The van der Waals surface area contributed by atoms with Crippen molar-refractivity contribution in [3.05, 3.63) is 65.6 Å². The lowest BCUT2D eigenvalue weighted by atomic mass is 9.96. The third-order valence-electron chi connectivity index (χ3n) is 4.87. The van der Waals surface area contributed by atoms with Crippen molar-refractivity contribution in [1.82, 2.24) is 24.5 Å². The monoisotopic (exact) mass is 366 g/mol. The Kier molecular flexibility index (Phi) is 4.86. The fourth-order valence-corrected chi connectivity index (χ4v) is 3.39. The Balaban J connectivity index is 1.41. The van der Waals surface area contributed by atoms with Crippen molar-refractivity contribution >= 4 is 5.82 Å². The lowest BCUT2D eigenvalue weighted by Gasteiger charge is -2.32. The van der Waals surface area contributed by atoms with Crippen LogP contribution in [0.15, 0.2) is 54.2 Å². The fraction of sp³-hybridized carbons (Fsp3) is 0.316. The second-order valence-corrected chi connectivity index (χ2v) is 6.63. The van der Waals surface area contributed by atoms with Gasteiger partial charge >= 0.3 is 0 Å². The number of rotatable bonds is 4. The summed E-state index contributed by atoms with van der Waals surface area (Å²) in [5, 5.41) is 0. The molecule has 0 aliphatic carbocycles. The van der Waals surface area contributed by atoms with Gasteiger partial charge in [-0.05, 0) is 30.9 Å². The first kappa shape index (κ1) is 17.3. The average molecular weight is 366 g/mol. The van der Waals surface area contributed by atoms with Gasteiger partial charge in [0.2, 0.25) is 0 Å². The molecule has 138 valence electrons. The van der Waals surface area contributed by atoms with Gasteiger partial charge in [0.05, 0.1) is 18.2 Å². The van der Waals surface area contributed by atoms with Crippen molar-refractivity contribution in [1.29, 1.82) is 0 Å². The topological polar surface area (TPSA) is 76.8 Å². The summed E-state index contributed by atoms with van der Waals surface area (Å²) < 4.78 is 15.5. The van der Waals surface area contributed by atoms with E-state index in [4.69, 9.17) is 0 Å². The highest BCUT2D eigenvalue weighted by atomic mass is 19.1. The van der Waals surface area contributed by atoms with Crippen molar-refractivity contribution in [2.24, 2.45) is 5.92 Å². The highest BCUT2D eigenvalue weighted by molar-refractivity contribution is 5.57. The van der Waals surface area contributed by atoms with Crippen LogP contribution in [0, 0.1) is 11.7 Å². The Morgan fingerprint density at radius 3 is 2.59 bits per heavy atom. The average Bonchev–Trinajstić information content (AvgIpc) is 2.71. The van der Waals surface area contributed by atoms with E-state index < -0.39 is 5.82 Å². The molecule has 1 aliphatic heterocycles. The molecule has 0 atom stereocenters. The Hall–Kier alpha value is -3.16. The van der Waals surface area contributed by atoms with E-state index in [-0.39, 0.29) is 5.56 Å². The van der Waals surface area contributed by atoms with Crippen LogP contribution in [-0.2, 0) is 6.54 Å². The minimum absolute atomic E-state index is 0.0684. The first-order valence-corrected chi connectivity index (χ1v) is 8.88. The summed E-state index contributed by atoms with van der Waals surface area (Å²) in [5.74, 6) is 0.296. The zero-order valence-corrected chi connectivity index (χ0v) is 14.7. The first-order chi connectivity index (χ1) is 13.2. The summed E-state index contributed by atoms with van der Waals surface area (Å²) in [4.78, 5) is 30.5. The number of piperidine rings is 1. The molecule has 4 heterocycles. The molecular weight excluding hydrogens is 347 g/mol. The fourth-order valence-electron chi connectivity index (χ4n) is 3.39. The quantitative estimate of drug-likeness (QED) is 0.704. The Labute approximate surface area is 155 Å². The SMILES string of the molecule is O=c1cc(-c2ccncc2)ncn1CC1CCN(c2ncncc2F)CC1. The summed E-state index contributed by atoms with van der Waals surface area (Å²) >= 11 is 0. The number of aromatic nitrogens is 5. The molecule has 0 bridgehead atoms. The van der Waals surface area contributed by atoms with Crippen LogP contribution in [0.1, 0.15) is 12.8 Å². The van der Waals surface area contributed by atoms with Crippen LogP contribution in [-0.4, -0.2) is 37.6 Å². The number of anilines is 1. The molecule has 0 spiro atoms.